The van der Waals surface area contributed by atoms with Gasteiger partial charge in [0.2, 0.25) is 0 Å². The maximum absolute atomic E-state index is 2.37. The summed E-state index contributed by atoms with van der Waals surface area (Å²) < 4.78 is 0. The van der Waals surface area contributed by atoms with Crippen molar-refractivity contribution in [3.8, 4) is 0 Å². The molecule has 0 heterocycles. The Morgan fingerprint density at radius 2 is 2.00 bits per heavy atom. The third-order valence-corrected chi connectivity index (χ3v) is 3.58. The monoisotopic (exact) mass is 218 g/mol. The quantitative estimate of drug-likeness (QED) is 0.522. The zero-order chi connectivity index (χ0) is 12.1. The fraction of sp³-hybridized carbons (Fsp3) is 0.625. The van der Waals surface area contributed by atoms with Crippen molar-refractivity contribution in [3.63, 3.8) is 0 Å². The molecule has 0 spiro atoms. The lowest BCUT2D eigenvalue weighted by molar-refractivity contribution is 0.645. The Balaban J connectivity index is 2.77. The van der Waals surface area contributed by atoms with Crippen molar-refractivity contribution in [2.75, 3.05) is 0 Å². The van der Waals surface area contributed by atoms with Crippen LogP contribution >= 0.6 is 0 Å². The first-order chi connectivity index (χ1) is 7.67. The minimum atomic E-state index is 0.713. The number of allylic oxidation sites excluding steroid dienone is 6. The maximum Gasteiger partial charge on any atom is -0.0188 e. The zero-order valence-corrected chi connectivity index (χ0v) is 11.6. The van der Waals surface area contributed by atoms with Crippen molar-refractivity contribution < 1.29 is 0 Å². The van der Waals surface area contributed by atoms with E-state index in [2.05, 4.69) is 46.8 Å². The van der Waals surface area contributed by atoms with Crippen LogP contribution in [0.15, 0.2) is 34.4 Å². The van der Waals surface area contributed by atoms with Gasteiger partial charge in [-0.3, -0.25) is 0 Å². The van der Waals surface area contributed by atoms with Gasteiger partial charge in [-0.1, -0.05) is 44.9 Å². The van der Waals surface area contributed by atoms with E-state index in [9.17, 15) is 0 Å². The van der Waals surface area contributed by atoms with Gasteiger partial charge in [-0.25, -0.2) is 0 Å². The molecular formula is C16H26. The zero-order valence-electron chi connectivity index (χ0n) is 11.6. The second kappa shape index (κ2) is 6.08. The molecule has 16 heavy (non-hydrogen) atoms. The molecule has 1 aliphatic rings. The Morgan fingerprint density at radius 1 is 1.31 bits per heavy atom. The van der Waals surface area contributed by atoms with Crippen LogP contribution in [0.3, 0.4) is 0 Å². The van der Waals surface area contributed by atoms with Crippen molar-refractivity contribution in [2.45, 2.75) is 60.3 Å². The highest BCUT2D eigenvalue weighted by molar-refractivity contribution is 5.67. The molecule has 0 N–H and O–H groups in total. The van der Waals surface area contributed by atoms with E-state index in [0.717, 1.165) is 0 Å². The molecule has 0 bridgehead atoms. The lowest BCUT2D eigenvalue weighted by Gasteiger charge is -2.14. The highest BCUT2D eigenvalue weighted by atomic mass is 14.3. The van der Waals surface area contributed by atoms with Gasteiger partial charge in [0.1, 0.15) is 0 Å². The van der Waals surface area contributed by atoms with Gasteiger partial charge in [-0.05, 0) is 55.7 Å². The van der Waals surface area contributed by atoms with Crippen LogP contribution in [-0.2, 0) is 0 Å². The maximum atomic E-state index is 2.37. The summed E-state index contributed by atoms with van der Waals surface area (Å²) in [5.74, 6) is 0.713. The molecule has 90 valence electrons. The van der Waals surface area contributed by atoms with Crippen molar-refractivity contribution in [2.24, 2.45) is 5.92 Å². The van der Waals surface area contributed by atoms with Gasteiger partial charge in [-0.15, -0.1) is 0 Å². The average molecular weight is 218 g/mol. The third-order valence-electron chi connectivity index (χ3n) is 3.58. The van der Waals surface area contributed by atoms with E-state index in [1.54, 1.807) is 22.3 Å². The van der Waals surface area contributed by atoms with Crippen LogP contribution in [0.25, 0.3) is 0 Å². The summed E-state index contributed by atoms with van der Waals surface area (Å²) in [5.41, 5.74) is 6.56. The SMILES string of the molecule is CC=CCC(C)C(CCC)=C1C(C)=C1CC. The van der Waals surface area contributed by atoms with Crippen LogP contribution in [0.5, 0.6) is 0 Å². The first-order valence-electron chi connectivity index (χ1n) is 6.71. The summed E-state index contributed by atoms with van der Waals surface area (Å²) in [7, 11) is 0. The van der Waals surface area contributed by atoms with Gasteiger partial charge < -0.3 is 0 Å². The molecule has 0 saturated carbocycles. The van der Waals surface area contributed by atoms with Crippen LogP contribution in [0.4, 0.5) is 0 Å². The van der Waals surface area contributed by atoms with E-state index < -0.39 is 0 Å². The van der Waals surface area contributed by atoms with E-state index in [1.165, 1.54) is 25.7 Å². The van der Waals surface area contributed by atoms with Crippen molar-refractivity contribution in [1.82, 2.24) is 0 Å². The lowest BCUT2D eigenvalue weighted by Crippen LogP contribution is -1.99. The molecule has 0 radical (unpaired) electrons. The van der Waals surface area contributed by atoms with Gasteiger partial charge in [0.15, 0.2) is 0 Å². The minimum absolute atomic E-state index is 0.713. The molecule has 0 nitrogen and oxygen atoms in total. The Kier molecular flexibility index (Phi) is 5.05. The Bertz CT molecular complexity index is 326. The Labute approximate surface area is 101 Å². The van der Waals surface area contributed by atoms with Crippen molar-refractivity contribution >= 4 is 0 Å². The van der Waals surface area contributed by atoms with Gasteiger partial charge in [0.25, 0.3) is 0 Å². The van der Waals surface area contributed by atoms with Gasteiger partial charge in [-0.2, -0.15) is 0 Å². The van der Waals surface area contributed by atoms with Gasteiger partial charge >= 0.3 is 0 Å². The predicted molar refractivity (Wildman–Crippen MR) is 73.5 cm³/mol. The second-order valence-electron chi connectivity index (χ2n) is 4.81. The molecule has 0 fully saturated rings. The molecule has 0 aromatic rings. The van der Waals surface area contributed by atoms with Crippen LogP contribution < -0.4 is 0 Å². The van der Waals surface area contributed by atoms with E-state index in [0.29, 0.717) is 5.92 Å². The van der Waals surface area contributed by atoms with Gasteiger partial charge in [0, 0.05) is 0 Å². The largest absolute Gasteiger partial charge is 0.0916 e. The van der Waals surface area contributed by atoms with E-state index in [4.69, 9.17) is 0 Å². The van der Waals surface area contributed by atoms with Gasteiger partial charge in [0.05, 0.1) is 0 Å². The molecule has 0 aromatic carbocycles. The minimum Gasteiger partial charge on any atom is -0.0916 e. The standard InChI is InChI=1S/C16H26/c1-6-9-11-12(4)15(10-7-2)16-13(5)14(16)8-3/h6,9,12H,7-8,10-11H2,1-5H3. The number of rotatable bonds is 6. The average Bonchev–Trinajstić information content (AvgIpc) is 2.93. The fourth-order valence-corrected chi connectivity index (χ4v) is 2.58. The van der Waals surface area contributed by atoms with E-state index >= 15 is 0 Å². The Morgan fingerprint density at radius 3 is 2.44 bits per heavy atom. The first-order valence-corrected chi connectivity index (χ1v) is 6.71. The van der Waals surface area contributed by atoms with Crippen LogP contribution in [0.2, 0.25) is 0 Å². The van der Waals surface area contributed by atoms with E-state index in [1.807, 2.05) is 0 Å². The number of hydrogen-bond donors (Lipinski definition) is 0. The van der Waals surface area contributed by atoms with Crippen molar-refractivity contribution in [3.05, 3.63) is 34.4 Å². The molecule has 1 aliphatic carbocycles. The molecular weight excluding hydrogens is 192 g/mol. The third kappa shape index (κ3) is 2.87. The topological polar surface area (TPSA) is 0 Å². The summed E-state index contributed by atoms with van der Waals surface area (Å²) in [4.78, 5) is 0. The molecule has 1 unspecified atom stereocenters. The summed E-state index contributed by atoms with van der Waals surface area (Å²) in [6.45, 7) is 11.3. The van der Waals surface area contributed by atoms with Crippen LogP contribution in [0.1, 0.15) is 60.3 Å². The highest BCUT2D eigenvalue weighted by Gasteiger charge is 2.28. The molecule has 0 aliphatic heterocycles. The van der Waals surface area contributed by atoms with Crippen LogP contribution in [-0.4, -0.2) is 0 Å². The predicted octanol–water partition coefficient (Wildman–Crippen LogP) is 5.43. The summed E-state index contributed by atoms with van der Waals surface area (Å²) in [6.07, 6.45) is 9.41. The lowest BCUT2D eigenvalue weighted by atomic mass is 9.91. The number of hydrogen-bond acceptors (Lipinski definition) is 0. The fourth-order valence-electron chi connectivity index (χ4n) is 2.58. The molecule has 0 saturated heterocycles. The highest BCUT2D eigenvalue weighted by Crippen LogP contribution is 2.46. The molecule has 0 heteroatoms. The normalized spacial score (nSPS) is 20.6. The summed E-state index contributed by atoms with van der Waals surface area (Å²) in [6, 6.07) is 0. The first kappa shape index (κ1) is 13.3. The molecule has 1 atom stereocenters. The summed E-state index contributed by atoms with van der Waals surface area (Å²) in [5, 5.41) is 0. The molecule has 1 rings (SSSR count). The molecule has 0 amide bonds. The molecule has 0 aromatic heterocycles. The summed E-state index contributed by atoms with van der Waals surface area (Å²) >= 11 is 0. The van der Waals surface area contributed by atoms with Crippen LogP contribution in [0, 0.1) is 5.92 Å². The van der Waals surface area contributed by atoms with E-state index in [-0.39, 0.29) is 0 Å². The second-order valence-corrected chi connectivity index (χ2v) is 4.81. The Hall–Kier alpha value is -0.780. The van der Waals surface area contributed by atoms with Crippen molar-refractivity contribution in [1.29, 1.82) is 0 Å². The smallest absolute Gasteiger partial charge is 0.0188 e.